The first kappa shape index (κ1) is 12.6. The zero-order valence-electron chi connectivity index (χ0n) is 10.9. The topological polar surface area (TPSA) is 47.3 Å². The summed E-state index contributed by atoms with van der Waals surface area (Å²) in [5.74, 6) is 0.732. The van der Waals surface area contributed by atoms with Crippen molar-refractivity contribution in [2.75, 3.05) is 7.11 Å². The van der Waals surface area contributed by atoms with Gasteiger partial charge >= 0.3 is 0 Å². The van der Waals surface area contributed by atoms with Gasteiger partial charge in [-0.2, -0.15) is 5.10 Å². The maximum atomic E-state index is 10.8. The summed E-state index contributed by atoms with van der Waals surface area (Å²) in [6.07, 6.45) is 1.70. The van der Waals surface area contributed by atoms with Gasteiger partial charge in [-0.1, -0.05) is 12.1 Å². The third-order valence-corrected chi connectivity index (χ3v) is 3.15. The van der Waals surface area contributed by atoms with Gasteiger partial charge in [-0.3, -0.25) is 4.68 Å². The number of nitrogens with zero attached hydrogens (tertiary/aromatic N) is 2. The molecule has 4 nitrogen and oxygen atoms in total. The Balaban J connectivity index is 2.46. The van der Waals surface area contributed by atoms with E-state index in [1.54, 1.807) is 24.9 Å². The number of ether oxygens (including phenoxy) is 1. The molecule has 2 rings (SSSR count). The standard InChI is InChI=1S/C14H18N2O2/c1-4-16-13(8-9-15-16)14(2,17)11-6-5-7-12(10-11)18-3/h5-10,17H,4H2,1-3H3. The lowest BCUT2D eigenvalue weighted by atomic mass is 9.92. The van der Waals surface area contributed by atoms with Gasteiger partial charge < -0.3 is 9.84 Å². The molecule has 1 atom stereocenters. The van der Waals surface area contributed by atoms with Gasteiger partial charge in [-0.25, -0.2) is 0 Å². The number of hydrogen-bond donors (Lipinski definition) is 1. The average molecular weight is 246 g/mol. The first-order valence-electron chi connectivity index (χ1n) is 5.98. The number of rotatable bonds is 4. The average Bonchev–Trinajstić information content (AvgIpc) is 2.88. The highest BCUT2D eigenvalue weighted by Gasteiger charge is 2.29. The van der Waals surface area contributed by atoms with Crippen molar-refractivity contribution in [2.24, 2.45) is 0 Å². The summed E-state index contributed by atoms with van der Waals surface area (Å²) in [4.78, 5) is 0. The van der Waals surface area contributed by atoms with Crippen molar-refractivity contribution < 1.29 is 9.84 Å². The molecule has 1 unspecified atom stereocenters. The molecule has 0 aliphatic carbocycles. The fourth-order valence-corrected chi connectivity index (χ4v) is 2.07. The van der Waals surface area contributed by atoms with Crippen LogP contribution in [0.15, 0.2) is 36.5 Å². The number of aryl methyl sites for hydroxylation is 1. The van der Waals surface area contributed by atoms with E-state index in [2.05, 4.69) is 5.10 Å². The van der Waals surface area contributed by atoms with Crippen LogP contribution in [0.4, 0.5) is 0 Å². The van der Waals surface area contributed by atoms with E-state index >= 15 is 0 Å². The summed E-state index contributed by atoms with van der Waals surface area (Å²) in [5, 5.41) is 15.0. The minimum atomic E-state index is -1.08. The highest BCUT2D eigenvalue weighted by Crippen LogP contribution is 2.30. The highest BCUT2D eigenvalue weighted by molar-refractivity contribution is 5.36. The SMILES string of the molecule is CCn1nccc1C(C)(O)c1cccc(OC)c1. The van der Waals surface area contributed by atoms with Gasteiger partial charge in [0.25, 0.3) is 0 Å². The highest BCUT2D eigenvalue weighted by atomic mass is 16.5. The molecule has 0 radical (unpaired) electrons. The van der Waals surface area contributed by atoms with Crippen molar-refractivity contribution in [1.82, 2.24) is 9.78 Å². The lowest BCUT2D eigenvalue weighted by molar-refractivity contribution is 0.0915. The Morgan fingerprint density at radius 2 is 2.17 bits per heavy atom. The first-order valence-corrected chi connectivity index (χ1v) is 5.98. The van der Waals surface area contributed by atoms with Crippen LogP contribution in [0.5, 0.6) is 5.75 Å². The van der Waals surface area contributed by atoms with Crippen LogP contribution in [-0.4, -0.2) is 22.0 Å². The van der Waals surface area contributed by atoms with E-state index in [9.17, 15) is 5.11 Å². The monoisotopic (exact) mass is 246 g/mol. The summed E-state index contributed by atoms with van der Waals surface area (Å²) in [6.45, 7) is 4.49. The quantitative estimate of drug-likeness (QED) is 0.899. The fourth-order valence-electron chi connectivity index (χ4n) is 2.07. The van der Waals surface area contributed by atoms with Crippen LogP contribution in [0.2, 0.25) is 0 Å². The van der Waals surface area contributed by atoms with E-state index < -0.39 is 5.60 Å². The van der Waals surface area contributed by atoms with Crippen molar-refractivity contribution >= 4 is 0 Å². The molecular weight excluding hydrogens is 228 g/mol. The molecule has 0 fully saturated rings. The second kappa shape index (κ2) is 4.82. The largest absolute Gasteiger partial charge is 0.497 e. The van der Waals surface area contributed by atoms with Gasteiger partial charge in [0.2, 0.25) is 0 Å². The Labute approximate surface area is 107 Å². The minimum absolute atomic E-state index is 0.725. The van der Waals surface area contributed by atoms with Crippen LogP contribution in [0.25, 0.3) is 0 Å². The van der Waals surface area contributed by atoms with Crippen LogP contribution in [0.3, 0.4) is 0 Å². The molecular formula is C14H18N2O2. The molecule has 1 aromatic carbocycles. The molecule has 0 saturated heterocycles. The van der Waals surface area contributed by atoms with Gasteiger partial charge in [0.1, 0.15) is 11.4 Å². The van der Waals surface area contributed by atoms with Crippen molar-refractivity contribution in [3.05, 3.63) is 47.8 Å². The predicted molar refractivity (Wildman–Crippen MR) is 69.6 cm³/mol. The molecule has 0 aliphatic heterocycles. The number of aliphatic hydroxyl groups is 1. The van der Waals surface area contributed by atoms with E-state index in [0.717, 1.165) is 23.6 Å². The van der Waals surface area contributed by atoms with E-state index in [-0.39, 0.29) is 0 Å². The molecule has 1 N–H and O–H groups in total. The second-order valence-corrected chi connectivity index (χ2v) is 4.34. The van der Waals surface area contributed by atoms with Crippen LogP contribution in [0.1, 0.15) is 25.1 Å². The third kappa shape index (κ3) is 2.11. The molecule has 4 heteroatoms. The Kier molecular flexibility index (Phi) is 3.39. The normalized spacial score (nSPS) is 14.2. The van der Waals surface area contributed by atoms with Gasteiger partial charge in [0.05, 0.1) is 12.8 Å². The van der Waals surface area contributed by atoms with Crippen LogP contribution < -0.4 is 4.74 Å². The summed E-state index contributed by atoms with van der Waals surface area (Å²) >= 11 is 0. The van der Waals surface area contributed by atoms with E-state index in [0.29, 0.717) is 0 Å². The molecule has 0 saturated carbocycles. The van der Waals surface area contributed by atoms with Crippen LogP contribution >= 0.6 is 0 Å². The van der Waals surface area contributed by atoms with Crippen molar-refractivity contribution in [3.63, 3.8) is 0 Å². The smallest absolute Gasteiger partial charge is 0.128 e. The van der Waals surface area contributed by atoms with E-state index in [1.807, 2.05) is 37.3 Å². The van der Waals surface area contributed by atoms with Crippen molar-refractivity contribution in [1.29, 1.82) is 0 Å². The number of methoxy groups -OCH3 is 1. The van der Waals surface area contributed by atoms with Gasteiger partial charge in [0, 0.05) is 12.7 Å². The lowest BCUT2D eigenvalue weighted by Gasteiger charge is -2.25. The number of aromatic nitrogens is 2. The molecule has 0 aliphatic rings. The summed E-state index contributed by atoms with van der Waals surface area (Å²) in [7, 11) is 1.62. The predicted octanol–water partition coefficient (Wildman–Crippen LogP) is 2.17. The molecule has 1 aromatic heterocycles. The van der Waals surface area contributed by atoms with Gasteiger partial charge in [0.15, 0.2) is 0 Å². The molecule has 0 bridgehead atoms. The summed E-state index contributed by atoms with van der Waals surface area (Å²) in [6, 6.07) is 9.29. The van der Waals surface area contributed by atoms with Gasteiger partial charge in [-0.05, 0) is 37.6 Å². The summed E-state index contributed by atoms with van der Waals surface area (Å²) in [5.41, 5.74) is 0.483. The van der Waals surface area contributed by atoms with E-state index in [1.165, 1.54) is 0 Å². The zero-order chi connectivity index (χ0) is 13.2. The molecule has 1 heterocycles. The number of hydrogen-bond acceptors (Lipinski definition) is 3. The molecule has 0 amide bonds. The van der Waals surface area contributed by atoms with Crippen molar-refractivity contribution in [2.45, 2.75) is 26.0 Å². The third-order valence-electron chi connectivity index (χ3n) is 3.15. The summed E-state index contributed by atoms with van der Waals surface area (Å²) < 4.78 is 6.98. The first-order chi connectivity index (χ1) is 8.59. The fraction of sp³-hybridized carbons (Fsp3) is 0.357. The number of benzene rings is 1. The lowest BCUT2D eigenvalue weighted by Crippen LogP contribution is -2.26. The van der Waals surface area contributed by atoms with Gasteiger partial charge in [-0.15, -0.1) is 0 Å². The Morgan fingerprint density at radius 3 is 2.83 bits per heavy atom. The maximum absolute atomic E-state index is 10.8. The molecule has 96 valence electrons. The van der Waals surface area contributed by atoms with Crippen molar-refractivity contribution in [3.8, 4) is 5.75 Å². The second-order valence-electron chi connectivity index (χ2n) is 4.34. The Hall–Kier alpha value is -1.81. The Morgan fingerprint density at radius 1 is 1.39 bits per heavy atom. The van der Waals surface area contributed by atoms with Crippen LogP contribution in [-0.2, 0) is 12.1 Å². The molecule has 18 heavy (non-hydrogen) atoms. The molecule has 0 spiro atoms. The van der Waals surface area contributed by atoms with E-state index in [4.69, 9.17) is 4.74 Å². The van der Waals surface area contributed by atoms with Crippen LogP contribution in [0, 0.1) is 0 Å². The maximum Gasteiger partial charge on any atom is 0.128 e. The zero-order valence-corrected chi connectivity index (χ0v) is 10.9. The molecule has 2 aromatic rings. The minimum Gasteiger partial charge on any atom is -0.497 e. The Bertz CT molecular complexity index is 532.